The van der Waals surface area contributed by atoms with Crippen molar-refractivity contribution in [1.29, 1.82) is 0 Å². The highest BCUT2D eigenvalue weighted by atomic mass is 79.9. The number of benzene rings is 4. The van der Waals surface area contributed by atoms with E-state index in [9.17, 15) is 0 Å². The van der Waals surface area contributed by atoms with Crippen molar-refractivity contribution in [1.82, 2.24) is 0 Å². The summed E-state index contributed by atoms with van der Waals surface area (Å²) in [6, 6.07) is 16.8. The Bertz CT molecular complexity index is 1690. The van der Waals surface area contributed by atoms with Crippen LogP contribution < -0.4 is 18.9 Å². The molecule has 0 amide bonds. The van der Waals surface area contributed by atoms with Crippen LogP contribution in [0.5, 0.6) is 23.0 Å². The lowest BCUT2D eigenvalue weighted by molar-refractivity contribution is 0.244. The van der Waals surface area contributed by atoms with E-state index < -0.39 is 0 Å². The van der Waals surface area contributed by atoms with E-state index in [4.69, 9.17) is 18.9 Å². The summed E-state index contributed by atoms with van der Waals surface area (Å²) < 4.78 is 31.1. The summed E-state index contributed by atoms with van der Waals surface area (Å²) in [5.74, 6) is 3.00. The minimum atomic E-state index is -0.316. The van der Waals surface area contributed by atoms with E-state index in [1.807, 2.05) is 0 Å². The van der Waals surface area contributed by atoms with Crippen molar-refractivity contribution in [2.75, 3.05) is 26.4 Å². The molecule has 4 aromatic carbocycles. The molecule has 4 nitrogen and oxygen atoms in total. The molecule has 0 N–H and O–H groups in total. The summed E-state index contributed by atoms with van der Waals surface area (Å²) in [5.41, 5.74) is 3.84. The Morgan fingerprint density at radius 2 is 0.647 bits per heavy atom. The standard InChI is InChI=1S/C39H36Br8O4/c1-7-10-48-34-26(40)14-22(15-27(34)41)38(3,4)24-18-30(44)36(31(45)19-24)50-12-9-13-51-37-32(46)20-25(21-33(37)47)39(5,6)23-16-28(42)35(29(43)17-23)49-11-8-2/h7-8,14-21H,1-2,9-13H2,3-6H3. The van der Waals surface area contributed by atoms with Crippen molar-refractivity contribution in [2.24, 2.45) is 0 Å². The van der Waals surface area contributed by atoms with Gasteiger partial charge < -0.3 is 18.9 Å². The molecule has 0 spiro atoms. The Morgan fingerprint density at radius 1 is 0.431 bits per heavy atom. The van der Waals surface area contributed by atoms with Gasteiger partial charge in [-0.2, -0.15) is 0 Å². The van der Waals surface area contributed by atoms with Gasteiger partial charge in [0.25, 0.3) is 0 Å². The van der Waals surface area contributed by atoms with Gasteiger partial charge in [0.05, 0.1) is 49.0 Å². The fourth-order valence-corrected chi connectivity index (χ4v) is 10.9. The van der Waals surface area contributed by atoms with Crippen LogP contribution in [0.4, 0.5) is 0 Å². The number of ether oxygens (including phenoxy) is 4. The predicted octanol–water partition coefficient (Wildman–Crippen LogP) is 15.4. The van der Waals surface area contributed by atoms with Gasteiger partial charge in [-0.15, -0.1) is 0 Å². The van der Waals surface area contributed by atoms with Crippen molar-refractivity contribution < 1.29 is 18.9 Å². The predicted molar refractivity (Wildman–Crippen MR) is 239 cm³/mol. The third kappa shape index (κ3) is 10.4. The zero-order valence-electron chi connectivity index (χ0n) is 28.4. The molecule has 0 aromatic heterocycles. The Kier molecular flexibility index (Phi) is 15.9. The average molecular weight is 1210 g/mol. The first-order valence-corrected chi connectivity index (χ1v) is 22.1. The van der Waals surface area contributed by atoms with Crippen LogP contribution in [0.3, 0.4) is 0 Å². The second kappa shape index (κ2) is 18.8. The lowest BCUT2D eigenvalue weighted by Crippen LogP contribution is -2.19. The summed E-state index contributed by atoms with van der Waals surface area (Å²) in [6.07, 6.45) is 4.13. The zero-order chi connectivity index (χ0) is 37.7. The maximum absolute atomic E-state index is 6.23. The highest BCUT2D eigenvalue weighted by molar-refractivity contribution is 9.12. The molecule has 0 saturated heterocycles. The number of halogens is 8. The summed E-state index contributed by atoms with van der Waals surface area (Å²) in [4.78, 5) is 0. The molecule has 0 aliphatic carbocycles. The van der Waals surface area contributed by atoms with E-state index >= 15 is 0 Å². The minimum absolute atomic E-state index is 0.316. The normalized spacial score (nSPS) is 11.7. The highest BCUT2D eigenvalue weighted by Crippen LogP contribution is 2.46. The summed E-state index contributed by atoms with van der Waals surface area (Å²) in [7, 11) is 0. The SMILES string of the molecule is C=CCOc1c(Br)cc(C(C)(C)c2cc(Br)c(OCCCOc3c(Br)cc(C(C)(C)c4cc(Br)c(OCC=C)c(Br)c4)cc3Br)c(Br)c2)cc1Br. The van der Waals surface area contributed by atoms with E-state index in [-0.39, 0.29) is 10.8 Å². The molecule has 0 unspecified atom stereocenters. The molecule has 0 fully saturated rings. The van der Waals surface area contributed by atoms with Gasteiger partial charge in [0, 0.05) is 17.3 Å². The van der Waals surface area contributed by atoms with Gasteiger partial charge in [-0.25, -0.2) is 0 Å². The van der Waals surface area contributed by atoms with E-state index in [0.29, 0.717) is 32.8 Å². The maximum Gasteiger partial charge on any atom is 0.148 e. The molecule has 0 saturated carbocycles. The van der Waals surface area contributed by atoms with Crippen LogP contribution in [0, 0.1) is 0 Å². The van der Waals surface area contributed by atoms with E-state index in [1.54, 1.807) is 12.2 Å². The van der Waals surface area contributed by atoms with Crippen LogP contribution in [-0.4, -0.2) is 26.4 Å². The van der Waals surface area contributed by atoms with Gasteiger partial charge >= 0.3 is 0 Å². The van der Waals surface area contributed by atoms with E-state index in [1.165, 1.54) is 0 Å². The third-order valence-electron chi connectivity index (χ3n) is 8.35. The second-order valence-electron chi connectivity index (χ2n) is 12.6. The summed E-state index contributed by atoms with van der Waals surface area (Å²) in [5, 5.41) is 0. The molecular weight excluding hydrogens is 1170 g/mol. The van der Waals surface area contributed by atoms with Crippen LogP contribution in [0.2, 0.25) is 0 Å². The lowest BCUT2D eigenvalue weighted by Gasteiger charge is -2.28. The van der Waals surface area contributed by atoms with Gasteiger partial charge in [-0.1, -0.05) is 53.0 Å². The zero-order valence-corrected chi connectivity index (χ0v) is 41.1. The monoisotopic (exact) mass is 1200 g/mol. The Labute approximate surface area is 368 Å². The van der Waals surface area contributed by atoms with E-state index in [0.717, 1.165) is 81.0 Å². The van der Waals surface area contributed by atoms with Gasteiger partial charge in [-0.05, 0) is 198 Å². The number of hydrogen-bond acceptors (Lipinski definition) is 4. The molecule has 51 heavy (non-hydrogen) atoms. The first-order valence-electron chi connectivity index (χ1n) is 15.7. The van der Waals surface area contributed by atoms with Crippen LogP contribution >= 0.6 is 127 Å². The van der Waals surface area contributed by atoms with Crippen molar-refractivity contribution >= 4 is 127 Å². The first-order chi connectivity index (χ1) is 24.0. The molecule has 4 rings (SSSR count). The van der Waals surface area contributed by atoms with Crippen LogP contribution in [0.25, 0.3) is 0 Å². The molecule has 0 heterocycles. The lowest BCUT2D eigenvalue weighted by atomic mass is 9.78. The minimum Gasteiger partial charge on any atom is -0.491 e. The fourth-order valence-electron chi connectivity index (χ4n) is 5.26. The molecule has 0 aliphatic heterocycles. The Balaban J connectivity index is 1.40. The number of rotatable bonds is 16. The van der Waals surface area contributed by atoms with Crippen LogP contribution in [0.1, 0.15) is 56.4 Å². The van der Waals surface area contributed by atoms with Gasteiger partial charge in [0.1, 0.15) is 36.2 Å². The Morgan fingerprint density at radius 3 is 0.863 bits per heavy atom. The van der Waals surface area contributed by atoms with Gasteiger partial charge in [0.15, 0.2) is 0 Å². The molecule has 272 valence electrons. The van der Waals surface area contributed by atoms with Crippen molar-refractivity contribution in [3.8, 4) is 23.0 Å². The third-order valence-corrected chi connectivity index (χ3v) is 13.1. The number of hydrogen-bond donors (Lipinski definition) is 0. The molecule has 0 aliphatic rings. The molecule has 4 aromatic rings. The second-order valence-corrected chi connectivity index (χ2v) is 19.4. The first kappa shape index (κ1) is 43.1. The largest absolute Gasteiger partial charge is 0.491 e. The smallest absolute Gasteiger partial charge is 0.148 e. The van der Waals surface area contributed by atoms with Crippen LogP contribution in [0.15, 0.2) is 110 Å². The fraction of sp³-hybridized carbons (Fsp3) is 0.282. The topological polar surface area (TPSA) is 36.9 Å². The Hall–Kier alpha value is -0.600. The van der Waals surface area contributed by atoms with E-state index in [2.05, 4.69) is 217 Å². The maximum atomic E-state index is 6.23. The highest BCUT2D eigenvalue weighted by Gasteiger charge is 2.29. The van der Waals surface area contributed by atoms with Crippen molar-refractivity contribution in [2.45, 2.75) is 44.9 Å². The summed E-state index contributed by atoms with van der Waals surface area (Å²) in [6.45, 7) is 18.0. The molecular formula is C39H36Br8O4. The quantitative estimate of drug-likeness (QED) is 0.0828. The van der Waals surface area contributed by atoms with Crippen LogP contribution in [-0.2, 0) is 10.8 Å². The molecule has 0 atom stereocenters. The molecule has 0 radical (unpaired) electrons. The molecule has 12 heteroatoms. The average Bonchev–Trinajstić information content (AvgIpc) is 3.05. The van der Waals surface area contributed by atoms with Crippen molar-refractivity contribution in [3.05, 3.63) is 132 Å². The van der Waals surface area contributed by atoms with Crippen molar-refractivity contribution in [3.63, 3.8) is 0 Å². The van der Waals surface area contributed by atoms with Gasteiger partial charge in [0.2, 0.25) is 0 Å². The van der Waals surface area contributed by atoms with Gasteiger partial charge in [-0.3, -0.25) is 0 Å². The summed E-state index contributed by atoms with van der Waals surface area (Å²) >= 11 is 29.7. The molecule has 0 bridgehead atoms.